The maximum Gasteiger partial charge on any atom is 0.0618 e. The molecule has 0 spiro atoms. The van der Waals surface area contributed by atoms with Gasteiger partial charge in [0.05, 0.1) is 5.69 Å². The van der Waals surface area contributed by atoms with E-state index in [1.807, 2.05) is 48.5 Å². The number of nitrogen functional groups attached to an aromatic ring is 2. The van der Waals surface area contributed by atoms with Gasteiger partial charge in [0.25, 0.3) is 0 Å². The van der Waals surface area contributed by atoms with Gasteiger partial charge in [-0.05, 0) is 135 Å². The molecule has 50 heavy (non-hydrogen) atoms. The Morgan fingerprint density at radius 2 is 0.640 bits per heavy atom. The zero-order chi connectivity index (χ0) is 33.6. The molecule has 0 aliphatic carbocycles. The van der Waals surface area contributed by atoms with Crippen molar-refractivity contribution in [3.05, 3.63) is 182 Å². The normalized spacial score (nSPS) is 11.4. The number of hydrogen-bond donors (Lipinski definition) is 2. The first-order valence-electron chi connectivity index (χ1n) is 16.8. The van der Waals surface area contributed by atoms with E-state index in [0.29, 0.717) is 0 Å². The Kier molecular flexibility index (Phi) is 7.07. The van der Waals surface area contributed by atoms with Gasteiger partial charge in [0.15, 0.2) is 0 Å². The molecule has 0 aliphatic rings. The van der Waals surface area contributed by atoms with Gasteiger partial charge in [-0.3, -0.25) is 0 Å². The van der Waals surface area contributed by atoms with Gasteiger partial charge >= 0.3 is 0 Å². The zero-order valence-corrected chi connectivity index (χ0v) is 27.4. The number of benzene rings is 9. The van der Waals surface area contributed by atoms with Crippen molar-refractivity contribution in [2.45, 2.75) is 0 Å². The molecule has 0 fully saturated rings. The van der Waals surface area contributed by atoms with Gasteiger partial charge in [-0.2, -0.15) is 0 Å². The maximum absolute atomic E-state index is 6.09. The average molecular weight is 643 g/mol. The fourth-order valence-corrected chi connectivity index (χ4v) is 7.15. The summed E-state index contributed by atoms with van der Waals surface area (Å²) in [4.78, 5) is 4.64. The Labute approximate surface area is 291 Å². The Morgan fingerprint density at radius 1 is 0.280 bits per heavy atom. The summed E-state index contributed by atoms with van der Waals surface area (Å²) in [6.45, 7) is 0. The summed E-state index contributed by atoms with van der Waals surface area (Å²) in [5.74, 6) is 0. The van der Waals surface area contributed by atoms with Gasteiger partial charge in [-0.15, -0.1) is 0 Å². The van der Waals surface area contributed by atoms with Crippen LogP contribution in [0.1, 0.15) is 0 Å². The van der Waals surface area contributed by atoms with Crippen LogP contribution in [0.5, 0.6) is 0 Å². The molecule has 4 nitrogen and oxygen atoms in total. The van der Waals surface area contributed by atoms with Gasteiger partial charge in [-0.1, -0.05) is 78.9 Å². The molecule has 238 valence electrons. The van der Waals surface area contributed by atoms with Crippen molar-refractivity contribution >= 4 is 88.6 Å². The van der Waals surface area contributed by atoms with E-state index in [9.17, 15) is 0 Å². The molecule has 0 saturated heterocycles. The molecule has 4 heteroatoms. The van der Waals surface area contributed by atoms with E-state index < -0.39 is 0 Å². The molecular weight excluding hydrogens is 609 g/mol. The van der Waals surface area contributed by atoms with Crippen molar-refractivity contribution in [2.75, 3.05) is 21.3 Å². The topological polar surface area (TPSA) is 58.5 Å². The van der Waals surface area contributed by atoms with Crippen LogP contribution in [0.2, 0.25) is 0 Å². The van der Waals surface area contributed by atoms with E-state index in [4.69, 9.17) is 11.5 Å². The number of rotatable bonds is 6. The van der Waals surface area contributed by atoms with Crippen molar-refractivity contribution < 1.29 is 0 Å². The summed E-state index contributed by atoms with van der Waals surface area (Å²) in [5, 5.41) is 9.68. The highest BCUT2D eigenvalue weighted by atomic mass is 15.2. The molecular formula is C46H34N4. The highest BCUT2D eigenvalue weighted by Gasteiger charge is 2.20. The number of hydrogen-bond acceptors (Lipinski definition) is 4. The minimum Gasteiger partial charge on any atom is -0.399 e. The van der Waals surface area contributed by atoms with Crippen LogP contribution in [-0.2, 0) is 0 Å². The summed E-state index contributed by atoms with van der Waals surface area (Å²) in [6.07, 6.45) is 0. The first-order chi connectivity index (χ1) is 24.6. The highest BCUT2D eigenvalue weighted by Crippen LogP contribution is 2.45. The highest BCUT2D eigenvalue weighted by molar-refractivity contribution is 6.14. The van der Waals surface area contributed by atoms with Crippen LogP contribution >= 0.6 is 0 Å². The van der Waals surface area contributed by atoms with Crippen LogP contribution in [0.3, 0.4) is 0 Å². The Bertz CT molecular complexity index is 2560. The second kappa shape index (κ2) is 12.0. The monoisotopic (exact) mass is 642 g/mol. The smallest absolute Gasteiger partial charge is 0.0618 e. The number of fused-ring (bicyclic) bond motifs is 4. The molecule has 0 heterocycles. The first kappa shape index (κ1) is 29.4. The fraction of sp³-hybridized carbons (Fsp3) is 0. The summed E-state index contributed by atoms with van der Waals surface area (Å²) in [6, 6.07) is 64.4. The molecule has 0 radical (unpaired) electrons. The lowest BCUT2D eigenvalue weighted by Crippen LogP contribution is -2.13. The lowest BCUT2D eigenvalue weighted by atomic mass is 9.98. The summed E-state index contributed by atoms with van der Waals surface area (Å²) >= 11 is 0. The van der Waals surface area contributed by atoms with Crippen LogP contribution in [0.4, 0.5) is 45.5 Å². The molecule has 0 amide bonds. The third-order valence-electron chi connectivity index (χ3n) is 9.58. The van der Waals surface area contributed by atoms with Crippen molar-refractivity contribution in [2.24, 2.45) is 0 Å². The molecule has 9 rings (SSSR count). The Balaban J connectivity index is 1.26. The predicted octanol–water partition coefficient (Wildman–Crippen LogP) is 12.4. The minimum absolute atomic E-state index is 0.725. The second-order valence-electron chi connectivity index (χ2n) is 12.8. The molecule has 4 N–H and O–H groups in total. The minimum atomic E-state index is 0.725. The summed E-state index contributed by atoms with van der Waals surface area (Å²) in [5.41, 5.74) is 20.0. The lowest BCUT2D eigenvalue weighted by molar-refractivity contribution is 1.27. The largest absolute Gasteiger partial charge is 0.399 e. The van der Waals surface area contributed by atoms with Gasteiger partial charge in [0.1, 0.15) is 0 Å². The quantitative estimate of drug-likeness (QED) is 0.140. The van der Waals surface area contributed by atoms with E-state index in [-0.39, 0.29) is 0 Å². The summed E-state index contributed by atoms with van der Waals surface area (Å²) in [7, 11) is 0. The molecule has 0 bridgehead atoms. The third kappa shape index (κ3) is 5.20. The van der Waals surface area contributed by atoms with Crippen LogP contribution in [0, 0.1) is 0 Å². The number of nitrogens with zero attached hydrogens (tertiary/aromatic N) is 2. The first-order valence-corrected chi connectivity index (χ1v) is 16.8. The van der Waals surface area contributed by atoms with Crippen molar-refractivity contribution in [3.8, 4) is 0 Å². The van der Waals surface area contributed by atoms with Crippen LogP contribution < -0.4 is 21.3 Å². The van der Waals surface area contributed by atoms with Crippen molar-refractivity contribution in [3.63, 3.8) is 0 Å². The lowest BCUT2D eigenvalue weighted by Gasteiger charge is -2.30. The molecule has 0 aromatic heterocycles. The average Bonchev–Trinajstić information content (AvgIpc) is 3.16. The van der Waals surface area contributed by atoms with Crippen molar-refractivity contribution in [1.29, 1.82) is 0 Å². The zero-order valence-electron chi connectivity index (χ0n) is 27.4. The molecule has 0 atom stereocenters. The van der Waals surface area contributed by atoms with Gasteiger partial charge in [-0.25, -0.2) is 0 Å². The van der Waals surface area contributed by atoms with Gasteiger partial charge < -0.3 is 21.3 Å². The van der Waals surface area contributed by atoms with E-state index in [1.54, 1.807) is 0 Å². The number of anilines is 8. The van der Waals surface area contributed by atoms with E-state index >= 15 is 0 Å². The summed E-state index contributed by atoms with van der Waals surface area (Å²) < 4.78 is 0. The molecule has 0 aliphatic heterocycles. The van der Waals surface area contributed by atoms with E-state index in [2.05, 4.69) is 143 Å². The molecule has 0 saturated carbocycles. The third-order valence-corrected chi connectivity index (χ3v) is 9.58. The second-order valence-corrected chi connectivity index (χ2v) is 12.8. The van der Waals surface area contributed by atoms with Crippen LogP contribution in [-0.4, -0.2) is 0 Å². The maximum atomic E-state index is 6.09. The van der Waals surface area contributed by atoms with Gasteiger partial charge in [0, 0.05) is 50.6 Å². The number of nitrogens with two attached hydrogens (primary N) is 2. The van der Waals surface area contributed by atoms with Crippen molar-refractivity contribution in [1.82, 2.24) is 0 Å². The van der Waals surface area contributed by atoms with Crippen LogP contribution in [0.15, 0.2) is 182 Å². The molecule has 9 aromatic carbocycles. The fourth-order valence-electron chi connectivity index (χ4n) is 7.15. The van der Waals surface area contributed by atoms with E-state index in [0.717, 1.165) is 45.5 Å². The van der Waals surface area contributed by atoms with E-state index in [1.165, 1.54) is 43.1 Å². The Hall–Kier alpha value is -6.78. The molecule has 9 aromatic rings. The SMILES string of the molecule is Nc1ccc(N(c2ccc(N)cc2)c2ccc(N(c3ccc4cc5ccccc5cc4c3)c3c4ccccc4cc4ccccc34)cc2)cc1. The predicted molar refractivity (Wildman–Crippen MR) is 215 cm³/mol. The van der Waals surface area contributed by atoms with Crippen LogP contribution in [0.25, 0.3) is 43.1 Å². The molecule has 0 unspecified atom stereocenters. The van der Waals surface area contributed by atoms with Gasteiger partial charge in [0.2, 0.25) is 0 Å². The Morgan fingerprint density at radius 3 is 1.16 bits per heavy atom. The standard InChI is InChI=1S/C46H34N4/c47-37-14-19-39(20-15-37)49(40-21-16-38(48)17-22-40)41-23-25-42(26-24-41)50(43-18-13-33-27-31-7-1-2-8-32(31)28-36(33)30-43)46-44-11-5-3-9-34(44)29-35-10-4-6-12-45(35)46/h1-30H,47-48H2.